The van der Waals surface area contributed by atoms with Gasteiger partial charge in [0.25, 0.3) is 0 Å². The van der Waals surface area contributed by atoms with E-state index >= 15 is 0 Å². The van der Waals surface area contributed by atoms with Gasteiger partial charge in [0.2, 0.25) is 0 Å². The van der Waals surface area contributed by atoms with Crippen LogP contribution in [-0.4, -0.2) is 12.3 Å². The summed E-state index contributed by atoms with van der Waals surface area (Å²) < 4.78 is 0. The number of benzene rings is 8. The molecule has 0 heterocycles. The second-order valence-electron chi connectivity index (χ2n) is 14.6. The number of fused-ring (bicyclic) bond motifs is 6. The number of rotatable bonds is 7. The fourth-order valence-corrected chi connectivity index (χ4v) is 14.3. The summed E-state index contributed by atoms with van der Waals surface area (Å²) in [5.41, 5.74) is 12.4. The Morgan fingerprint density at radius 1 is 0.333 bits per heavy atom. The minimum Gasteiger partial charge on any atom is -0.366 e. The van der Waals surface area contributed by atoms with Gasteiger partial charge in [0.05, 0.1) is 37.1 Å². The molecule has 0 amide bonds. The first-order chi connectivity index (χ1) is 28.7. The normalized spacial score (nSPS) is 11.0. The van der Waals surface area contributed by atoms with Crippen molar-refractivity contribution in [2.24, 2.45) is 0 Å². The van der Waals surface area contributed by atoms with Crippen LogP contribution < -0.4 is 21.2 Å². The van der Waals surface area contributed by atoms with Crippen molar-refractivity contribution in [3.8, 4) is 34.1 Å². The van der Waals surface area contributed by atoms with Gasteiger partial charge in [-0.15, -0.1) is 35.4 Å². The molecular formula is C56H44Au2P2+2. The average molecular weight is 1170 g/mol. The molecule has 60 heavy (non-hydrogen) atoms. The molecule has 0 aliphatic heterocycles. The van der Waals surface area contributed by atoms with Crippen molar-refractivity contribution in [1.29, 1.82) is 0 Å². The van der Waals surface area contributed by atoms with Gasteiger partial charge in [-0.25, -0.2) is 0 Å². The molecule has 0 aromatic heterocycles. The van der Waals surface area contributed by atoms with Crippen molar-refractivity contribution in [3.63, 3.8) is 0 Å². The maximum Gasteiger partial charge on any atom is 1.00 e. The molecule has 0 saturated heterocycles. The minimum absolute atomic E-state index is 0. The maximum absolute atomic E-state index is 7.14. The molecule has 4 heteroatoms. The van der Waals surface area contributed by atoms with E-state index in [1.807, 2.05) is 18.2 Å². The summed E-state index contributed by atoms with van der Waals surface area (Å²) >= 11 is 0. The van der Waals surface area contributed by atoms with Crippen LogP contribution in [0.1, 0.15) is 33.4 Å². The molecule has 0 unspecified atom stereocenters. The van der Waals surface area contributed by atoms with Crippen molar-refractivity contribution < 1.29 is 44.8 Å². The number of hydrogen-bond acceptors (Lipinski definition) is 0. The van der Waals surface area contributed by atoms with Gasteiger partial charge < -0.3 is 12.8 Å². The van der Waals surface area contributed by atoms with E-state index < -0.39 is 15.8 Å². The van der Waals surface area contributed by atoms with E-state index in [4.69, 9.17) is 12.8 Å². The molecule has 0 saturated carbocycles. The predicted octanol–water partition coefficient (Wildman–Crippen LogP) is 11.1. The van der Waals surface area contributed by atoms with Crippen LogP contribution in [0.4, 0.5) is 0 Å². The van der Waals surface area contributed by atoms with E-state index in [1.54, 1.807) is 0 Å². The SMILES string of the molecule is [Au+].[Au+].[C-]#Cc1ccc2c(c1)-c1ccccc1C2.[C-]#Cc1ccc2c(c1)Cc1ccccc1-2.c1ccc([PH+](CC[PH+](c2ccccc2)c2ccccc2)c2ccccc2)cc1. The van der Waals surface area contributed by atoms with Gasteiger partial charge in [-0.05, 0) is 100 Å². The molecule has 0 fully saturated rings. The van der Waals surface area contributed by atoms with Crippen LogP contribution in [0.2, 0.25) is 0 Å². The van der Waals surface area contributed by atoms with Crippen molar-refractivity contribution in [2.75, 3.05) is 12.3 Å². The van der Waals surface area contributed by atoms with E-state index in [2.05, 4.69) is 200 Å². The van der Waals surface area contributed by atoms with Crippen LogP contribution in [0.3, 0.4) is 0 Å². The Balaban J connectivity index is 0.000000160. The Bertz CT molecular complexity index is 2540. The van der Waals surface area contributed by atoms with Crippen molar-refractivity contribution in [2.45, 2.75) is 12.8 Å². The first-order valence-corrected chi connectivity index (χ1v) is 23.3. The van der Waals surface area contributed by atoms with Crippen molar-refractivity contribution >= 4 is 37.1 Å². The molecule has 2 aliphatic carbocycles. The fourth-order valence-electron chi connectivity index (χ4n) is 8.14. The second kappa shape index (κ2) is 22.2. The molecule has 298 valence electrons. The van der Waals surface area contributed by atoms with Crippen molar-refractivity contribution in [1.82, 2.24) is 0 Å². The van der Waals surface area contributed by atoms with E-state index in [9.17, 15) is 0 Å². The van der Waals surface area contributed by atoms with Gasteiger partial charge in [-0.1, -0.05) is 139 Å². The Morgan fingerprint density at radius 3 is 1.12 bits per heavy atom. The van der Waals surface area contributed by atoms with Gasteiger partial charge in [0, 0.05) is 0 Å². The fraction of sp³-hybridized carbons (Fsp3) is 0.0714. The Hall–Kier alpha value is -4.78. The van der Waals surface area contributed by atoms with Crippen LogP contribution in [-0.2, 0) is 57.6 Å². The predicted molar refractivity (Wildman–Crippen MR) is 253 cm³/mol. The summed E-state index contributed by atoms with van der Waals surface area (Å²) in [6, 6.07) is 73.7. The topological polar surface area (TPSA) is 0 Å². The Kier molecular flexibility index (Phi) is 16.5. The molecule has 2 aliphatic rings. The third-order valence-corrected chi connectivity index (χ3v) is 17.1. The number of hydrogen-bond donors (Lipinski definition) is 0. The minimum atomic E-state index is -0.783. The summed E-state index contributed by atoms with van der Waals surface area (Å²) in [5, 5.41) is 6.06. The molecule has 8 aromatic rings. The van der Waals surface area contributed by atoms with E-state index in [-0.39, 0.29) is 44.8 Å². The monoisotopic (exact) mass is 1170 g/mol. The Labute approximate surface area is 390 Å². The summed E-state index contributed by atoms with van der Waals surface area (Å²) in [6.07, 6.45) is 18.8. The largest absolute Gasteiger partial charge is 1.00 e. The van der Waals surface area contributed by atoms with Gasteiger partial charge in [-0.3, -0.25) is 11.8 Å². The smallest absolute Gasteiger partial charge is 0.366 e. The molecule has 0 N–H and O–H groups in total. The van der Waals surface area contributed by atoms with Gasteiger partial charge in [0.15, 0.2) is 0 Å². The molecule has 0 spiro atoms. The summed E-state index contributed by atoms with van der Waals surface area (Å²) in [7, 11) is -1.57. The van der Waals surface area contributed by atoms with Crippen LogP contribution in [0, 0.1) is 24.7 Å². The van der Waals surface area contributed by atoms with Gasteiger partial charge in [0.1, 0.15) is 12.3 Å². The third-order valence-electron chi connectivity index (χ3n) is 11.0. The summed E-state index contributed by atoms with van der Waals surface area (Å²) in [6.45, 7) is 0. The Morgan fingerprint density at radius 2 is 0.667 bits per heavy atom. The zero-order valence-corrected chi connectivity index (χ0v) is 39.4. The van der Waals surface area contributed by atoms with Crippen LogP contribution in [0.5, 0.6) is 0 Å². The molecule has 0 bridgehead atoms. The quantitative estimate of drug-likeness (QED) is 0.0646. The van der Waals surface area contributed by atoms with E-state index in [1.165, 1.54) is 78.0 Å². The molecular weight excluding hydrogens is 1130 g/mol. The molecule has 0 radical (unpaired) electrons. The third kappa shape index (κ3) is 10.7. The molecule has 10 rings (SSSR count). The second-order valence-corrected chi connectivity index (χ2v) is 19.8. The standard InChI is InChI=1S/C26H24P2.2C15H9.2Au/c1-5-13-23(14-6-1)27(24-15-7-2-8-16-24)21-22-28(25-17-9-3-10-18-25)26-19-11-4-12-20-26;1-2-11-7-8-15-13(9-11)10-12-5-3-4-6-14(12)15;1-2-11-7-8-13-10-12-5-3-4-6-14(12)15(13)9-11;;/h1-20H,21-22H2;2*3-9H,10H2;;/q;2*-1;2*+1/p+2. The van der Waals surface area contributed by atoms with Crippen LogP contribution in [0.15, 0.2) is 206 Å². The molecule has 8 aromatic carbocycles. The average Bonchev–Trinajstić information content (AvgIpc) is 3.87. The summed E-state index contributed by atoms with van der Waals surface area (Å²) in [4.78, 5) is 0. The zero-order chi connectivity index (χ0) is 39.5. The molecule has 0 atom stereocenters. The van der Waals surface area contributed by atoms with Gasteiger partial charge in [-0.2, -0.15) is 0 Å². The zero-order valence-electron chi connectivity index (χ0n) is 33.1. The van der Waals surface area contributed by atoms with Crippen molar-refractivity contribution in [3.05, 3.63) is 252 Å². The van der Waals surface area contributed by atoms with E-state index in [0.717, 1.165) is 24.0 Å². The summed E-state index contributed by atoms with van der Waals surface area (Å²) in [5.74, 6) is 4.87. The van der Waals surface area contributed by atoms with E-state index in [0.29, 0.717) is 0 Å². The first kappa shape index (κ1) is 44.8. The first-order valence-electron chi connectivity index (χ1n) is 19.9. The van der Waals surface area contributed by atoms with Crippen LogP contribution >= 0.6 is 15.8 Å². The van der Waals surface area contributed by atoms with Crippen LogP contribution in [0.25, 0.3) is 22.3 Å². The molecule has 0 nitrogen and oxygen atoms in total. The maximum atomic E-state index is 7.14. The van der Waals surface area contributed by atoms with Gasteiger partial charge >= 0.3 is 44.8 Å².